The topological polar surface area (TPSA) is 144 Å². The minimum absolute atomic E-state index is 0.106. The van der Waals surface area contributed by atoms with E-state index in [0.717, 1.165) is 0 Å². The highest BCUT2D eigenvalue weighted by Crippen LogP contribution is 2.11. The van der Waals surface area contributed by atoms with Gasteiger partial charge in [-0.2, -0.15) is 0 Å². The molecule has 0 aromatic rings. The summed E-state index contributed by atoms with van der Waals surface area (Å²) in [6, 6.07) is -2.31. The van der Waals surface area contributed by atoms with E-state index in [4.69, 9.17) is 14.2 Å². The Hall–Kier alpha value is -2.24. The van der Waals surface area contributed by atoms with Gasteiger partial charge in [-0.05, 0) is 25.2 Å². The van der Waals surface area contributed by atoms with E-state index < -0.39 is 54.2 Å². The van der Waals surface area contributed by atoms with Crippen LogP contribution in [0, 0.1) is 11.8 Å². The first-order valence-electron chi connectivity index (χ1n) is 10.9. The van der Waals surface area contributed by atoms with Crippen molar-refractivity contribution in [2.75, 3.05) is 27.3 Å². The highest BCUT2D eigenvalue weighted by molar-refractivity contribution is 5.92. The van der Waals surface area contributed by atoms with Gasteiger partial charge in [0, 0.05) is 13.7 Å². The van der Waals surface area contributed by atoms with Crippen LogP contribution in [0.2, 0.25) is 0 Å². The lowest BCUT2D eigenvalue weighted by Gasteiger charge is -2.33. The predicted molar refractivity (Wildman–Crippen MR) is 116 cm³/mol. The second-order valence-corrected chi connectivity index (χ2v) is 8.61. The lowest BCUT2D eigenvalue weighted by Crippen LogP contribution is -2.59. The van der Waals surface area contributed by atoms with E-state index >= 15 is 0 Å². The number of hydrogen-bond donors (Lipinski definition) is 4. The van der Waals surface area contributed by atoms with Crippen molar-refractivity contribution in [3.05, 3.63) is 0 Å². The number of esters is 1. The van der Waals surface area contributed by atoms with E-state index in [1.807, 2.05) is 13.8 Å². The second-order valence-electron chi connectivity index (χ2n) is 8.61. The summed E-state index contributed by atoms with van der Waals surface area (Å²) in [4.78, 5) is 49.6. The Kier molecular flexibility index (Phi) is 11.6. The first-order chi connectivity index (χ1) is 15.0. The molecule has 0 bridgehead atoms. The van der Waals surface area contributed by atoms with Gasteiger partial charge >= 0.3 is 5.97 Å². The first-order valence-corrected chi connectivity index (χ1v) is 10.9. The minimum Gasteiger partial charge on any atom is -0.467 e. The molecular formula is C21H38N4O7. The van der Waals surface area contributed by atoms with Crippen LogP contribution in [-0.2, 0) is 33.4 Å². The van der Waals surface area contributed by atoms with Crippen LogP contribution in [0.1, 0.15) is 41.0 Å². The molecule has 0 aromatic heterocycles. The zero-order valence-corrected chi connectivity index (χ0v) is 20.0. The molecule has 1 rings (SSSR count). The normalized spacial score (nSPS) is 22.7. The van der Waals surface area contributed by atoms with Crippen molar-refractivity contribution >= 4 is 23.7 Å². The molecule has 1 heterocycles. The molecule has 1 aliphatic heterocycles. The van der Waals surface area contributed by atoms with Gasteiger partial charge in [0.25, 0.3) is 0 Å². The van der Waals surface area contributed by atoms with Gasteiger partial charge in [-0.3, -0.25) is 19.7 Å². The Morgan fingerprint density at radius 1 is 1.09 bits per heavy atom. The number of rotatable bonds is 11. The minimum atomic E-state index is -0.858. The lowest BCUT2D eigenvalue weighted by molar-refractivity contribution is -0.181. The van der Waals surface area contributed by atoms with Crippen molar-refractivity contribution < 1.29 is 33.4 Å². The molecule has 11 nitrogen and oxygen atoms in total. The summed E-state index contributed by atoms with van der Waals surface area (Å²) in [6.45, 7) is 9.18. The molecule has 0 unspecified atom stereocenters. The molecule has 0 saturated carbocycles. The van der Waals surface area contributed by atoms with Crippen LogP contribution < -0.4 is 21.3 Å². The summed E-state index contributed by atoms with van der Waals surface area (Å²) in [5, 5.41) is 10.9. The molecule has 0 radical (unpaired) electrons. The van der Waals surface area contributed by atoms with Crippen LogP contribution in [0.3, 0.4) is 0 Å². The number of ether oxygens (including phenoxy) is 3. The Labute approximate surface area is 189 Å². The van der Waals surface area contributed by atoms with E-state index in [9.17, 15) is 19.2 Å². The van der Waals surface area contributed by atoms with Crippen molar-refractivity contribution in [1.29, 1.82) is 0 Å². The largest absolute Gasteiger partial charge is 0.467 e. The fourth-order valence-corrected chi connectivity index (χ4v) is 3.30. The predicted octanol–water partition coefficient (Wildman–Crippen LogP) is -0.703. The van der Waals surface area contributed by atoms with Gasteiger partial charge < -0.3 is 30.2 Å². The average Bonchev–Trinajstić information content (AvgIpc) is 2.73. The maximum atomic E-state index is 12.8. The van der Waals surface area contributed by atoms with Gasteiger partial charge in [0.2, 0.25) is 17.7 Å². The monoisotopic (exact) mass is 458 g/mol. The molecule has 0 spiro atoms. The first kappa shape index (κ1) is 27.8. The van der Waals surface area contributed by atoms with E-state index in [1.165, 1.54) is 14.2 Å². The molecule has 1 saturated heterocycles. The Bertz CT molecular complexity index is 656. The second kappa shape index (κ2) is 13.3. The lowest BCUT2D eigenvalue weighted by atomic mass is 10.0. The molecule has 1 aliphatic rings. The van der Waals surface area contributed by atoms with E-state index in [0.29, 0.717) is 13.0 Å². The average molecular weight is 459 g/mol. The Balaban J connectivity index is 2.67. The molecule has 4 N–H and O–H groups in total. The van der Waals surface area contributed by atoms with Crippen molar-refractivity contribution in [2.24, 2.45) is 11.8 Å². The van der Waals surface area contributed by atoms with Gasteiger partial charge in [-0.1, -0.05) is 27.7 Å². The van der Waals surface area contributed by atoms with Crippen molar-refractivity contribution in [3.63, 3.8) is 0 Å². The summed E-state index contributed by atoms with van der Waals surface area (Å²) in [7, 11) is 2.77. The Morgan fingerprint density at radius 2 is 1.75 bits per heavy atom. The summed E-state index contributed by atoms with van der Waals surface area (Å²) in [5.41, 5.74) is 0. The van der Waals surface area contributed by atoms with E-state index in [2.05, 4.69) is 21.3 Å². The van der Waals surface area contributed by atoms with Gasteiger partial charge in [0.05, 0.1) is 19.8 Å². The zero-order chi connectivity index (χ0) is 24.4. The van der Waals surface area contributed by atoms with Crippen molar-refractivity contribution in [3.8, 4) is 0 Å². The van der Waals surface area contributed by atoms with Crippen LogP contribution in [0.4, 0.5) is 0 Å². The molecule has 11 heteroatoms. The molecule has 0 aromatic carbocycles. The van der Waals surface area contributed by atoms with Gasteiger partial charge in [-0.15, -0.1) is 0 Å². The van der Waals surface area contributed by atoms with Crippen LogP contribution in [0.25, 0.3) is 0 Å². The molecule has 1 fully saturated rings. The molecule has 0 aliphatic carbocycles. The molecule has 3 amide bonds. The number of carbonyl (C=O) groups is 4. The van der Waals surface area contributed by atoms with Gasteiger partial charge in [0.1, 0.15) is 18.1 Å². The standard InChI is InChI=1S/C21H38N4O7/c1-11(2)8-14(19(27)25-17(12(3)4)21(29)31-7)24-15(26)9-23-20(28)18-13(5)32-16(30-6)10-22-18/h11-14,16-18,22H,8-10H2,1-7H3,(H,23,28)(H,24,26)(H,25,27)/t13-,14-,16+,17-,18+/m1/s1. The number of methoxy groups -OCH3 is 2. The molecular weight excluding hydrogens is 420 g/mol. The summed E-state index contributed by atoms with van der Waals surface area (Å²) >= 11 is 0. The van der Waals surface area contributed by atoms with Crippen molar-refractivity contribution in [1.82, 2.24) is 21.3 Å². The van der Waals surface area contributed by atoms with Crippen LogP contribution in [-0.4, -0.2) is 81.5 Å². The highest BCUT2D eigenvalue weighted by atomic mass is 16.7. The number of morpholine rings is 1. The summed E-state index contributed by atoms with van der Waals surface area (Å²) in [6.07, 6.45) is -0.514. The molecule has 32 heavy (non-hydrogen) atoms. The summed E-state index contributed by atoms with van der Waals surface area (Å²) in [5.74, 6) is -2.03. The van der Waals surface area contributed by atoms with Crippen molar-refractivity contribution in [2.45, 2.75) is 71.6 Å². The summed E-state index contributed by atoms with van der Waals surface area (Å²) < 4.78 is 15.4. The van der Waals surface area contributed by atoms with Crippen LogP contribution in [0.5, 0.6) is 0 Å². The smallest absolute Gasteiger partial charge is 0.328 e. The number of hydrogen-bond acceptors (Lipinski definition) is 8. The zero-order valence-electron chi connectivity index (χ0n) is 20.0. The fourth-order valence-electron chi connectivity index (χ4n) is 3.30. The highest BCUT2D eigenvalue weighted by Gasteiger charge is 2.33. The number of amides is 3. The third kappa shape index (κ3) is 8.71. The quantitative estimate of drug-likeness (QED) is 0.298. The molecule has 5 atom stereocenters. The fraction of sp³-hybridized carbons (Fsp3) is 0.810. The van der Waals surface area contributed by atoms with E-state index in [-0.39, 0.29) is 18.4 Å². The number of nitrogens with one attached hydrogen (secondary N) is 4. The maximum Gasteiger partial charge on any atom is 0.328 e. The molecule has 184 valence electrons. The third-order valence-electron chi connectivity index (χ3n) is 5.09. The number of carbonyl (C=O) groups excluding carboxylic acids is 4. The van der Waals surface area contributed by atoms with Gasteiger partial charge in [-0.25, -0.2) is 4.79 Å². The SMILES string of the molecule is COC(=O)[C@H](NC(=O)[C@@H](CC(C)C)NC(=O)CNC(=O)[C@H]1NC[C@@H](OC)O[C@@H]1C)C(C)C. The maximum absolute atomic E-state index is 12.8. The Morgan fingerprint density at radius 3 is 2.25 bits per heavy atom. The van der Waals surface area contributed by atoms with Gasteiger partial charge in [0.15, 0.2) is 6.29 Å². The van der Waals surface area contributed by atoms with Crippen LogP contribution in [0.15, 0.2) is 0 Å². The van der Waals surface area contributed by atoms with Crippen LogP contribution >= 0.6 is 0 Å². The van der Waals surface area contributed by atoms with E-state index in [1.54, 1.807) is 20.8 Å². The third-order valence-corrected chi connectivity index (χ3v) is 5.09.